The monoisotopic (exact) mass is 425 g/mol. The van der Waals surface area contributed by atoms with Gasteiger partial charge in [0.1, 0.15) is 5.82 Å². The highest BCUT2D eigenvalue weighted by molar-refractivity contribution is 7.12. The van der Waals surface area contributed by atoms with Crippen LogP contribution in [0.3, 0.4) is 0 Å². The largest absolute Gasteiger partial charge is 0.333 e. The number of likely N-dealkylation sites (N-methyl/N-ethyl adjacent to an activating group) is 1. The molecular formula is C23H24FN3O2S. The lowest BCUT2D eigenvalue weighted by Gasteiger charge is -2.25. The number of nitrogens with zero attached hydrogens (tertiary/aromatic N) is 2. The van der Waals surface area contributed by atoms with Crippen LogP contribution in [0.2, 0.25) is 0 Å². The molecule has 0 saturated heterocycles. The Kier molecular flexibility index (Phi) is 7.32. The fraction of sp³-hybridized carbons (Fsp3) is 0.217. The van der Waals surface area contributed by atoms with E-state index in [1.54, 1.807) is 53.4 Å². The molecule has 156 valence electrons. The van der Waals surface area contributed by atoms with Crippen molar-refractivity contribution < 1.29 is 14.0 Å². The Morgan fingerprint density at radius 3 is 2.33 bits per heavy atom. The van der Waals surface area contributed by atoms with Crippen LogP contribution in [-0.2, 0) is 6.54 Å². The van der Waals surface area contributed by atoms with Crippen molar-refractivity contribution in [3.8, 4) is 0 Å². The van der Waals surface area contributed by atoms with Crippen LogP contribution >= 0.6 is 11.3 Å². The number of benzene rings is 2. The quantitative estimate of drug-likeness (QED) is 0.584. The molecule has 30 heavy (non-hydrogen) atoms. The van der Waals surface area contributed by atoms with Gasteiger partial charge in [0.2, 0.25) is 0 Å². The molecule has 0 atom stereocenters. The number of rotatable bonds is 8. The van der Waals surface area contributed by atoms with Crippen LogP contribution in [0.5, 0.6) is 0 Å². The van der Waals surface area contributed by atoms with Gasteiger partial charge in [-0.3, -0.25) is 9.59 Å². The Labute approximate surface area is 179 Å². The van der Waals surface area contributed by atoms with E-state index in [9.17, 15) is 14.0 Å². The van der Waals surface area contributed by atoms with Crippen LogP contribution in [0, 0.1) is 5.82 Å². The molecule has 0 saturated carbocycles. The van der Waals surface area contributed by atoms with Gasteiger partial charge >= 0.3 is 0 Å². The van der Waals surface area contributed by atoms with Gasteiger partial charge in [0.05, 0.1) is 4.88 Å². The molecule has 0 aliphatic rings. The highest BCUT2D eigenvalue weighted by atomic mass is 32.1. The molecule has 2 aromatic carbocycles. The molecule has 1 heterocycles. The van der Waals surface area contributed by atoms with Crippen molar-refractivity contribution in [1.82, 2.24) is 9.80 Å². The zero-order valence-electron chi connectivity index (χ0n) is 17.0. The van der Waals surface area contributed by atoms with Gasteiger partial charge in [-0.1, -0.05) is 24.3 Å². The average Bonchev–Trinajstić information content (AvgIpc) is 3.27. The number of carbonyl (C=O) groups is 2. The molecule has 3 rings (SSSR count). The summed E-state index contributed by atoms with van der Waals surface area (Å²) in [6, 6.07) is 16.8. The zero-order chi connectivity index (χ0) is 21.5. The fourth-order valence-corrected chi connectivity index (χ4v) is 3.50. The number of anilines is 1. The summed E-state index contributed by atoms with van der Waals surface area (Å²) in [4.78, 5) is 29.5. The smallest absolute Gasteiger partial charge is 0.265 e. The molecule has 3 aromatic rings. The van der Waals surface area contributed by atoms with E-state index in [0.29, 0.717) is 34.8 Å². The van der Waals surface area contributed by atoms with Gasteiger partial charge in [0.15, 0.2) is 0 Å². The number of carbonyl (C=O) groups excluding carboxylic acids is 2. The van der Waals surface area contributed by atoms with E-state index in [-0.39, 0.29) is 24.2 Å². The second-order valence-electron chi connectivity index (χ2n) is 7.13. The first-order valence-electron chi connectivity index (χ1n) is 9.56. The molecule has 0 unspecified atom stereocenters. The number of amides is 2. The van der Waals surface area contributed by atoms with Crippen molar-refractivity contribution in [2.45, 2.75) is 6.54 Å². The van der Waals surface area contributed by atoms with Crippen LogP contribution in [0.1, 0.15) is 25.6 Å². The maximum absolute atomic E-state index is 14.1. The number of hydrogen-bond acceptors (Lipinski definition) is 4. The minimum absolute atomic E-state index is 0.184. The summed E-state index contributed by atoms with van der Waals surface area (Å²) in [5.41, 5.74) is 1.57. The number of halogens is 1. The van der Waals surface area contributed by atoms with E-state index in [2.05, 4.69) is 5.32 Å². The lowest BCUT2D eigenvalue weighted by Crippen LogP contribution is -2.36. The average molecular weight is 426 g/mol. The molecule has 0 spiro atoms. The van der Waals surface area contributed by atoms with E-state index in [1.807, 2.05) is 30.4 Å². The molecule has 1 N–H and O–H groups in total. The van der Waals surface area contributed by atoms with E-state index < -0.39 is 0 Å². The van der Waals surface area contributed by atoms with Crippen LogP contribution in [-0.4, -0.2) is 48.8 Å². The fourth-order valence-electron chi connectivity index (χ4n) is 2.88. The van der Waals surface area contributed by atoms with Gasteiger partial charge in [-0.25, -0.2) is 4.39 Å². The molecule has 0 radical (unpaired) electrons. The molecule has 5 nitrogen and oxygen atoms in total. The minimum atomic E-state index is -0.327. The van der Waals surface area contributed by atoms with Crippen LogP contribution in [0.15, 0.2) is 66.0 Å². The summed E-state index contributed by atoms with van der Waals surface area (Å²) in [6.45, 7) is 1.32. The first-order chi connectivity index (χ1) is 14.4. The van der Waals surface area contributed by atoms with Gasteiger partial charge in [-0.05, 0) is 55.9 Å². The van der Waals surface area contributed by atoms with Gasteiger partial charge < -0.3 is 15.1 Å². The molecule has 0 fully saturated rings. The Hall–Kier alpha value is -3.03. The summed E-state index contributed by atoms with van der Waals surface area (Å²) in [6.07, 6.45) is 0. The maximum Gasteiger partial charge on any atom is 0.265 e. The zero-order valence-corrected chi connectivity index (χ0v) is 17.8. The Balaban J connectivity index is 1.72. The maximum atomic E-state index is 14.1. The van der Waals surface area contributed by atoms with Gasteiger partial charge in [0.25, 0.3) is 11.8 Å². The van der Waals surface area contributed by atoms with Gasteiger partial charge in [0, 0.05) is 36.4 Å². The highest BCUT2D eigenvalue weighted by Crippen LogP contribution is 2.17. The van der Waals surface area contributed by atoms with Crippen LogP contribution < -0.4 is 5.32 Å². The highest BCUT2D eigenvalue weighted by Gasteiger charge is 2.18. The summed E-state index contributed by atoms with van der Waals surface area (Å²) in [5.74, 6) is -0.695. The lowest BCUT2D eigenvalue weighted by molar-refractivity contribution is 0.0730. The second-order valence-corrected chi connectivity index (χ2v) is 8.08. The van der Waals surface area contributed by atoms with E-state index >= 15 is 0 Å². The SMILES string of the molecule is CN(C)CCN(Cc1ccccc1F)C(=O)c1ccc(NC(=O)c2cccs2)cc1. The second kappa shape index (κ2) is 10.1. The number of thiophene rings is 1. The minimum Gasteiger partial charge on any atom is -0.333 e. The normalized spacial score (nSPS) is 10.8. The standard InChI is InChI=1S/C23H24FN3O2S/c1-26(2)13-14-27(16-18-6-3-4-7-20(18)24)23(29)17-9-11-19(12-10-17)25-22(28)21-8-5-15-30-21/h3-12,15H,13-14,16H2,1-2H3,(H,25,28). The number of hydrogen-bond donors (Lipinski definition) is 1. The Morgan fingerprint density at radius 1 is 0.967 bits per heavy atom. The van der Waals surface area contributed by atoms with Crippen LogP contribution in [0.4, 0.5) is 10.1 Å². The van der Waals surface area contributed by atoms with E-state index in [1.165, 1.54) is 17.4 Å². The van der Waals surface area contributed by atoms with Gasteiger partial charge in [-0.15, -0.1) is 11.3 Å². The molecular weight excluding hydrogens is 401 g/mol. The van der Waals surface area contributed by atoms with Crippen molar-refractivity contribution in [3.63, 3.8) is 0 Å². The molecule has 0 aliphatic heterocycles. The van der Waals surface area contributed by atoms with Crippen molar-refractivity contribution in [3.05, 3.63) is 87.9 Å². The van der Waals surface area contributed by atoms with Crippen molar-refractivity contribution >= 4 is 28.8 Å². The lowest BCUT2D eigenvalue weighted by atomic mass is 10.1. The third-order valence-corrected chi connectivity index (χ3v) is 5.43. The van der Waals surface area contributed by atoms with Crippen molar-refractivity contribution in [2.75, 3.05) is 32.5 Å². The van der Waals surface area contributed by atoms with E-state index in [0.717, 1.165) is 0 Å². The summed E-state index contributed by atoms with van der Waals surface area (Å²) in [5, 5.41) is 4.66. The topological polar surface area (TPSA) is 52.6 Å². The third-order valence-electron chi connectivity index (χ3n) is 4.56. The summed E-state index contributed by atoms with van der Waals surface area (Å²) >= 11 is 1.36. The van der Waals surface area contributed by atoms with Crippen molar-refractivity contribution in [2.24, 2.45) is 0 Å². The molecule has 1 aromatic heterocycles. The Bertz CT molecular complexity index is 988. The summed E-state index contributed by atoms with van der Waals surface area (Å²) in [7, 11) is 3.85. The third kappa shape index (κ3) is 5.75. The predicted molar refractivity (Wildman–Crippen MR) is 118 cm³/mol. The molecule has 2 amide bonds. The molecule has 0 aliphatic carbocycles. The van der Waals surface area contributed by atoms with Crippen LogP contribution in [0.25, 0.3) is 0 Å². The first-order valence-corrected chi connectivity index (χ1v) is 10.4. The summed E-state index contributed by atoms with van der Waals surface area (Å²) < 4.78 is 14.1. The van der Waals surface area contributed by atoms with Crippen molar-refractivity contribution in [1.29, 1.82) is 0 Å². The van der Waals surface area contributed by atoms with E-state index in [4.69, 9.17) is 0 Å². The first kappa shape index (κ1) is 21.7. The molecule has 0 bridgehead atoms. The number of nitrogens with one attached hydrogen (secondary N) is 1. The van der Waals surface area contributed by atoms with Gasteiger partial charge in [-0.2, -0.15) is 0 Å². The Morgan fingerprint density at radius 2 is 1.70 bits per heavy atom. The predicted octanol–water partition coefficient (Wildman–Crippen LogP) is 4.34. The molecule has 7 heteroatoms.